The molecule has 0 spiro atoms. The Kier molecular flexibility index (Phi) is 2.83. The van der Waals surface area contributed by atoms with Crippen molar-refractivity contribution in [2.24, 2.45) is 11.8 Å². The summed E-state index contributed by atoms with van der Waals surface area (Å²) in [5.74, 6) is 2.25. The molecule has 1 unspecified atom stereocenters. The number of hydrogen-bond acceptors (Lipinski definition) is 3. The van der Waals surface area contributed by atoms with E-state index in [0.29, 0.717) is 12.6 Å². The van der Waals surface area contributed by atoms with Gasteiger partial charge in [0, 0.05) is 6.04 Å². The van der Waals surface area contributed by atoms with Gasteiger partial charge < -0.3 is 15.4 Å². The van der Waals surface area contributed by atoms with E-state index in [1.54, 1.807) is 0 Å². The van der Waals surface area contributed by atoms with Crippen LogP contribution in [0.4, 0.5) is 5.69 Å². The van der Waals surface area contributed by atoms with Crippen LogP contribution in [0.15, 0.2) is 24.3 Å². The van der Waals surface area contributed by atoms with E-state index in [9.17, 15) is 4.79 Å². The van der Waals surface area contributed by atoms with Crippen LogP contribution in [0.1, 0.15) is 25.7 Å². The third-order valence-electron chi connectivity index (χ3n) is 4.50. The fraction of sp³-hybridized carbons (Fsp3) is 0.562. The van der Waals surface area contributed by atoms with Crippen LogP contribution in [0.25, 0.3) is 0 Å². The van der Waals surface area contributed by atoms with Gasteiger partial charge in [-0.2, -0.15) is 0 Å². The van der Waals surface area contributed by atoms with Gasteiger partial charge in [0.25, 0.3) is 5.91 Å². The topological polar surface area (TPSA) is 50.4 Å². The second kappa shape index (κ2) is 4.69. The third-order valence-corrected chi connectivity index (χ3v) is 4.50. The van der Waals surface area contributed by atoms with Crippen molar-refractivity contribution in [2.75, 3.05) is 11.9 Å². The number of rotatable bonds is 4. The third kappa shape index (κ3) is 2.35. The van der Waals surface area contributed by atoms with Crippen LogP contribution >= 0.6 is 0 Å². The lowest BCUT2D eigenvalue weighted by molar-refractivity contribution is -0.128. The Morgan fingerprint density at radius 2 is 1.90 bits per heavy atom. The molecule has 106 valence electrons. The average molecular weight is 272 g/mol. The molecule has 0 aromatic heterocycles. The van der Waals surface area contributed by atoms with Crippen molar-refractivity contribution >= 4 is 11.6 Å². The molecule has 0 saturated heterocycles. The van der Waals surface area contributed by atoms with Gasteiger partial charge in [-0.25, -0.2) is 0 Å². The molecule has 1 aliphatic heterocycles. The van der Waals surface area contributed by atoms with E-state index in [2.05, 4.69) is 10.6 Å². The summed E-state index contributed by atoms with van der Waals surface area (Å²) in [5, 5.41) is 6.51. The van der Waals surface area contributed by atoms with E-state index >= 15 is 0 Å². The molecule has 1 amide bonds. The molecule has 4 rings (SSSR count). The number of nitrogens with one attached hydrogen (secondary N) is 2. The summed E-state index contributed by atoms with van der Waals surface area (Å²) in [6, 6.07) is 8.16. The van der Waals surface area contributed by atoms with Gasteiger partial charge in [0.05, 0.1) is 12.2 Å². The van der Waals surface area contributed by atoms with Crippen molar-refractivity contribution in [1.82, 2.24) is 5.32 Å². The Hall–Kier alpha value is -1.71. The highest BCUT2D eigenvalue weighted by atomic mass is 16.5. The van der Waals surface area contributed by atoms with Crippen LogP contribution in [-0.4, -0.2) is 24.6 Å². The van der Waals surface area contributed by atoms with E-state index < -0.39 is 6.10 Å². The number of amides is 1. The SMILES string of the molecule is O=C(NC(C1CC1)C1CC1)C1CNc2ccccc2O1. The average Bonchev–Trinajstić information content (AvgIpc) is 3.37. The Balaban J connectivity index is 1.41. The number of carbonyl (C=O) groups is 1. The minimum atomic E-state index is -0.412. The van der Waals surface area contributed by atoms with E-state index in [-0.39, 0.29) is 5.91 Å². The first-order valence-electron chi connectivity index (χ1n) is 7.61. The predicted molar refractivity (Wildman–Crippen MR) is 76.7 cm³/mol. The summed E-state index contributed by atoms with van der Waals surface area (Å²) in [4.78, 5) is 12.4. The molecule has 1 aromatic carbocycles. The monoisotopic (exact) mass is 272 g/mol. The lowest BCUT2D eigenvalue weighted by Crippen LogP contribution is -2.49. The van der Waals surface area contributed by atoms with Gasteiger partial charge in [0.15, 0.2) is 6.10 Å². The molecule has 4 heteroatoms. The first kappa shape index (κ1) is 12.1. The number of anilines is 1. The van der Waals surface area contributed by atoms with Crippen LogP contribution in [0, 0.1) is 11.8 Å². The highest BCUT2D eigenvalue weighted by Gasteiger charge is 2.43. The molecule has 4 nitrogen and oxygen atoms in total. The lowest BCUT2D eigenvalue weighted by Gasteiger charge is -2.28. The summed E-state index contributed by atoms with van der Waals surface area (Å²) in [6.07, 6.45) is 4.68. The number of carbonyl (C=O) groups excluding carboxylic acids is 1. The minimum Gasteiger partial charge on any atom is -0.477 e. The molecule has 1 aromatic rings. The van der Waals surface area contributed by atoms with Gasteiger partial charge in [-0.05, 0) is 49.7 Å². The van der Waals surface area contributed by atoms with Crippen molar-refractivity contribution < 1.29 is 9.53 Å². The van der Waals surface area contributed by atoms with E-state index in [0.717, 1.165) is 23.3 Å². The predicted octanol–water partition coefficient (Wildman–Crippen LogP) is 2.16. The molecule has 3 aliphatic rings. The Morgan fingerprint density at radius 1 is 1.20 bits per heavy atom. The molecular formula is C16H20N2O2. The highest BCUT2D eigenvalue weighted by molar-refractivity contribution is 5.83. The summed E-state index contributed by atoms with van der Waals surface area (Å²) >= 11 is 0. The quantitative estimate of drug-likeness (QED) is 0.883. The van der Waals surface area contributed by atoms with E-state index in [1.807, 2.05) is 24.3 Å². The van der Waals surface area contributed by atoms with Crippen LogP contribution in [0.3, 0.4) is 0 Å². The van der Waals surface area contributed by atoms with Crippen molar-refractivity contribution in [2.45, 2.75) is 37.8 Å². The molecule has 2 aliphatic carbocycles. The molecule has 1 atom stereocenters. The molecule has 2 fully saturated rings. The normalized spacial score (nSPS) is 24.6. The molecule has 2 N–H and O–H groups in total. The zero-order chi connectivity index (χ0) is 13.5. The van der Waals surface area contributed by atoms with Crippen LogP contribution in [0.2, 0.25) is 0 Å². The standard InChI is InChI=1S/C16H20N2O2/c19-16(18-15(10-5-6-10)11-7-8-11)14-9-17-12-3-1-2-4-13(12)20-14/h1-4,10-11,14-15,17H,5-9H2,(H,18,19). The number of benzene rings is 1. The molecule has 20 heavy (non-hydrogen) atoms. The lowest BCUT2D eigenvalue weighted by atomic mass is 10.1. The van der Waals surface area contributed by atoms with Crippen LogP contribution in [0.5, 0.6) is 5.75 Å². The van der Waals surface area contributed by atoms with Gasteiger partial charge in [-0.3, -0.25) is 4.79 Å². The molecule has 2 saturated carbocycles. The minimum absolute atomic E-state index is 0.0378. The van der Waals surface area contributed by atoms with Crippen LogP contribution < -0.4 is 15.4 Å². The first-order chi connectivity index (χ1) is 9.81. The molecule has 0 bridgehead atoms. The smallest absolute Gasteiger partial charge is 0.263 e. The van der Waals surface area contributed by atoms with Gasteiger partial charge in [-0.15, -0.1) is 0 Å². The number of ether oxygens (including phenoxy) is 1. The van der Waals surface area contributed by atoms with E-state index in [1.165, 1.54) is 25.7 Å². The fourth-order valence-electron chi connectivity index (χ4n) is 3.05. The van der Waals surface area contributed by atoms with Crippen LogP contribution in [-0.2, 0) is 4.79 Å². The Morgan fingerprint density at radius 3 is 2.60 bits per heavy atom. The van der Waals surface area contributed by atoms with Gasteiger partial charge in [0.1, 0.15) is 5.75 Å². The zero-order valence-corrected chi connectivity index (χ0v) is 11.5. The van der Waals surface area contributed by atoms with Gasteiger partial charge >= 0.3 is 0 Å². The summed E-state index contributed by atoms with van der Waals surface area (Å²) < 4.78 is 5.82. The fourth-order valence-corrected chi connectivity index (χ4v) is 3.05. The number of fused-ring (bicyclic) bond motifs is 1. The van der Waals surface area contributed by atoms with Crippen molar-refractivity contribution in [3.8, 4) is 5.75 Å². The first-order valence-corrected chi connectivity index (χ1v) is 7.61. The Labute approximate surface area is 118 Å². The second-order valence-electron chi connectivity index (χ2n) is 6.19. The van der Waals surface area contributed by atoms with Gasteiger partial charge in [0.2, 0.25) is 0 Å². The van der Waals surface area contributed by atoms with Gasteiger partial charge in [-0.1, -0.05) is 12.1 Å². The van der Waals surface area contributed by atoms with Crippen molar-refractivity contribution in [3.05, 3.63) is 24.3 Å². The summed E-state index contributed by atoms with van der Waals surface area (Å²) in [7, 11) is 0. The maximum atomic E-state index is 12.4. The number of para-hydroxylation sites is 2. The Bertz CT molecular complexity index is 511. The highest BCUT2D eigenvalue weighted by Crippen LogP contribution is 2.44. The molecule has 1 heterocycles. The molecule has 0 radical (unpaired) electrons. The summed E-state index contributed by atoms with van der Waals surface area (Å²) in [5.41, 5.74) is 0.970. The largest absolute Gasteiger partial charge is 0.477 e. The van der Waals surface area contributed by atoms with Crippen molar-refractivity contribution in [1.29, 1.82) is 0 Å². The van der Waals surface area contributed by atoms with E-state index in [4.69, 9.17) is 4.74 Å². The summed E-state index contributed by atoms with van der Waals surface area (Å²) in [6.45, 7) is 0.547. The second-order valence-corrected chi connectivity index (χ2v) is 6.19. The van der Waals surface area contributed by atoms with Crippen molar-refractivity contribution in [3.63, 3.8) is 0 Å². The maximum Gasteiger partial charge on any atom is 0.263 e. The zero-order valence-electron chi connectivity index (χ0n) is 11.5. The molecular weight excluding hydrogens is 252 g/mol. The number of hydrogen-bond donors (Lipinski definition) is 2. The maximum absolute atomic E-state index is 12.4.